The second-order valence-electron chi connectivity index (χ2n) is 9.70. The van der Waals surface area contributed by atoms with E-state index in [1.165, 1.54) is 24.3 Å². The van der Waals surface area contributed by atoms with Crippen molar-refractivity contribution >= 4 is 29.1 Å². The predicted molar refractivity (Wildman–Crippen MR) is 135 cm³/mol. The molecule has 0 atom stereocenters. The fourth-order valence-corrected chi connectivity index (χ4v) is 5.36. The van der Waals surface area contributed by atoms with Crippen LogP contribution >= 0.6 is 24.8 Å². The van der Waals surface area contributed by atoms with E-state index in [0.717, 1.165) is 16.8 Å². The van der Waals surface area contributed by atoms with E-state index in [0.29, 0.717) is 11.5 Å². The van der Waals surface area contributed by atoms with E-state index in [1.807, 2.05) is 64.1 Å². The summed E-state index contributed by atoms with van der Waals surface area (Å²) in [6.07, 6.45) is 1.71. The van der Waals surface area contributed by atoms with Crippen LogP contribution in [-0.4, -0.2) is 9.30 Å². The van der Waals surface area contributed by atoms with Gasteiger partial charge in [0.25, 0.3) is 0 Å². The van der Waals surface area contributed by atoms with Gasteiger partial charge in [0.1, 0.15) is 0 Å². The Hall–Kier alpha value is -1.79. The largest absolute Gasteiger partial charge is 0.147 e. The molecule has 0 aliphatic carbocycles. The Morgan fingerprint density at radius 1 is 0.735 bits per heavy atom. The summed E-state index contributed by atoms with van der Waals surface area (Å²) in [7, 11) is 0. The molecule has 0 unspecified atom stereocenters. The minimum absolute atomic E-state index is 0. The third kappa shape index (κ3) is 8.16. The number of pyridine rings is 1. The first-order valence-electron chi connectivity index (χ1n) is 10.5. The Balaban J connectivity index is 0.00000289. The van der Waals surface area contributed by atoms with E-state index >= 15 is 0 Å². The average Bonchev–Trinajstić information content (AvgIpc) is 2.70. The smallest absolute Gasteiger partial charge is 0.147 e. The molecule has 0 bridgehead atoms. The van der Waals surface area contributed by atoms with Crippen molar-refractivity contribution < 1.29 is 33.6 Å². The van der Waals surface area contributed by atoms with Gasteiger partial charge < -0.3 is 0 Å². The van der Waals surface area contributed by atoms with Crippen molar-refractivity contribution in [1.29, 1.82) is 0 Å². The van der Waals surface area contributed by atoms with Gasteiger partial charge >= 0.3 is 196 Å². The molecule has 184 valence electrons. The van der Waals surface area contributed by atoms with Crippen molar-refractivity contribution in [2.24, 2.45) is 0 Å². The minimum atomic E-state index is -2.92. The average molecular weight is 546 g/mol. The van der Waals surface area contributed by atoms with Gasteiger partial charge in [-0.05, 0) is 0 Å². The summed E-state index contributed by atoms with van der Waals surface area (Å²) >= 11 is -2.92. The summed E-state index contributed by atoms with van der Waals surface area (Å²) in [4.78, 5) is 4.38. The van der Waals surface area contributed by atoms with E-state index in [4.69, 9.17) is 6.64 Å². The predicted octanol–water partition coefficient (Wildman–Crippen LogP) is 7.55. The fraction of sp³-hybridized carbons (Fsp3) is 0.308. The van der Waals surface area contributed by atoms with Crippen molar-refractivity contribution in [3.8, 4) is 11.5 Å². The van der Waals surface area contributed by atoms with Crippen LogP contribution in [0.5, 0.6) is 11.5 Å². The van der Waals surface area contributed by atoms with Gasteiger partial charge in [0, 0.05) is 0 Å². The van der Waals surface area contributed by atoms with Crippen LogP contribution in [-0.2, 0) is 29.0 Å². The molecule has 0 saturated heterocycles. The number of nitrogens with zero attached hydrogens (tertiary/aromatic N) is 1. The Morgan fingerprint density at radius 3 is 1.59 bits per heavy atom. The van der Waals surface area contributed by atoms with Crippen LogP contribution in [0.25, 0.3) is 0 Å². The molecule has 0 radical (unpaired) electrons. The quantitative estimate of drug-likeness (QED) is 0.310. The van der Waals surface area contributed by atoms with Gasteiger partial charge in [-0.3, -0.25) is 0 Å². The monoisotopic (exact) mass is 545 g/mol. The Bertz CT molecular complexity index is 1060. The molecule has 0 N–H and O–H groups in total. The van der Waals surface area contributed by atoms with Crippen molar-refractivity contribution in [2.75, 3.05) is 0 Å². The second-order valence-corrected chi connectivity index (χ2v) is 11.8. The molecule has 3 rings (SSSR count). The SMILES string of the molecule is CC(C)(C)c1cc(F)ccc1[O][Ti](=[CH]c1ccccn1)[O]c1ccc(F)cc1C(C)(C)C.Cl.Cl. The summed E-state index contributed by atoms with van der Waals surface area (Å²) in [5.41, 5.74) is 1.61. The van der Waals surface area contributed by atoms with E-state index in [-0.39, 0.29) is 47.3 Å². The van der Waals surface area contributed by atoms with E-state index in [1.54, 1.807) is 18.3 Å². The number of hydrogen-bond donors (Lipinski definition) is 0. The van der Waals surface area contributed by atoms with Gasteiger partial charge in [0.15, 0.2) is 0 Å². The van der Waals surface area contributed by atoms with E-state index in [9.17, 15) is 8.78 Å². The van der Waals surface area contributed by atoms with Gasteiger partial charge in [-0.1, -0.05) is 0 Å². The molecule has 0 amide bonds. The molecule has 3 nitrogen and oxygen atoms in total. The van der Waals surface area contributed by atoms with Crippen LogP contribution < -0.4 is 6.64 Å². The Kier molecular flexibility index (Phi) is 10.9. The Labute approximate surface area is 220 Å². The third-order valence-electron chi connectivity index (χ3n) is 4.87. The maximum absolute atomic E-state index is 14.0. The first kappa shape index (κ1) is 30.2. The maximum atomic E-state index is 14.0. The van der Waals surface area contributed by atoms with Crippen LogP contribution in [0.15, 0.2) is 60.8 Å². The summed E-state index contributed by atoms with van der Waals surface area (Å²) < 4.78 is 42.8. The van der Waals surface area contributed by atoms with Crippen molar-refractivity contribution in [3.05, 3.63) is 89.2 Å². The fourth-order valence-electron chi connectivity index (χ4n) is 3.23. The van der Waals surface area contributed by atoms with Gasteiger partial charge in [-0.2, -0.15) is 0 Å². The van der Waals surface area contributed by atoms with Gasteiger partial charge in [-0.25, -0.2) is 0 Å². The number of halogens is 4. The van der Waals surface area contributed by atoms with Crippen molar-refractivity contribution in [1.82, 2.24) is 4.98 Å². The molecular formula is C26H31Cl2F2NO2Ti. The summed E-state index contributed by atoms with van der Waals surface area (Å²) in [5, 5.41) is 0. The zero-order valence-electron chi connectivity index (χ0n) is 20.2. The number of rotatable bonds is 5. The zero-order valence-corrected chi connectivity index (χ0v) is 23.4. The second kappa shape index (κ2) is 12.3. The molecule has 3 aromatic rings. The molecule has 1 aromatic heterocycles. The summed E-state index contributed by atoms with van der Waals surface area (Å²) in [6.45, 7) is 12.1. The van der Waals surface area contributed by atoms with Crippen LogP contribution in [0.3, 0.4) is 0 Å². The molecule has 0 fully saturated rings. The van der Waals surface area contributed by atoms with E-state index < -0.39 is 18.2 Å². The number of hydrogen-bond acceptors (Lipinski definition) is 3. The molecule has 8 heteroatoms. The third-order valence-corrected chi connectivity index (χ3v) is 7.02. The van der Waals surface area contributed by atoms with Crippen molar-refractivity contribution in [2.45, 2.75) is 52.4 Å². The summed E-state index contributed by atoms with van der Waals surface area (Å²) in [6, 6.07) is 14.7. The Morgan fingerprint density at radius 2 is 1.21 bits per heavy atom. The molecule has 0 spiro atoms. The first-order chi connectivity index (χ1) is 14.9. The number of benzene rings is 2. The number of aromatic nitrogens is 1. The molecule has 0 saturated carbocycles. The standard InChI is InChI=1S/2C10H13FO.C6H5N.2ClH.Ti/c2*1-10(2,3)8-6-7(11)4-5-9(8)12;1-6-4-2-3-5-7-6;;;/h2*4-6,12H,1-3H3;1-5H;2*1H;/q;;;;;+2/p-2. The van der Waals surface area contributed by atoms with Crippen LogP contribution in [0.4, 0.5) is 8.78 Å². The molecule has 0 aliphatic heterocycles. The van der Waals surface area contributed by atoms with Gasteiger partial charge in [-0.15, -0.1) is 24.8 Å². The van der Waals surface area contributed by atoms with Gasteiger partial charge in [0.05, 0.1) is 0 Å². The molecule has 0 aliphatic rings. The maximum Gasteiger partial charge on any atom is -0.147 e. The minimum Gasteiger partial charge on any atom is -0.147 e. The van der Waals surface area contributed by atoms with Crippen LogP contribution in [0, 0.1) is 11.6 Å². The normalized spacial score (nSPS) is 11.1. The molecule has 2 aromatic carbocycles. The summed E-state index contributed by atoms with van der Waals surface area (Å²) in [5.74, 6) is 0.542. The molecule has 34 heavy (non-hydrogen) atoms. The first-order valence-corrected chi connectivity index (χ1v) is 12.7. The van der Waals surface area contributed by atoms with Crippen molar-refractivity contribution in [3.63, 3.8) is 0 Å². The van der Waals surface area contributed by atoms with Crippen LogP contribution in [0.2, 0.25) is 0 Å². The molecule has 1 heterocycles. The van der Waals surface area contributed by atoms with Gasteiger partial charge in [0.2, 0.25) is 0 Å². The molecular weight excluding hydrogens is 515 g/mol. The van der Waals surface area contributed by atoms with E-state index in [2.05, 4.69) is 4.98 Å². The topological polar surface area (TPSA) is 31.4 Å². The zero-order chi connectivity index (χ0) is 23.5. The van der Waals surface area contributed by atoms with Crippen LogP contribution in [0.1, 0.15) is 58.4 Å².